The van der Waals surface area contributed by atoms with E-state index >= 15 is 0 Å². The summed E-state index contributed by atoms with van der Waals surface area (Å²) >= 11 is 0. The molecule has 4 nitrogen and oxygen atoms in total. The fourth-order valence-corrected chi connectivity index (χ4v) is 2.70. The van der Waals surface area contributed by atoms with Crippen LogP contribution in [-0.2, 0) is 6.61 Å². The molecule has 0 aliphatic heterocycles. The summed E-state index contributed by atoms with van der Waals surface area (Å²) in [4.78, 5) is 0. The Bertz CT molecular complexity index is 1020. The highest BCUT2D eigenvalue weighted by Gasteiger charge is 2.10. The molecule has 0 saturated heterocycles. The van der Waals surface area contributed by atoms with Crippen LogP contribution >= 0.6 is 0 Å². The van der Waals surface area contributed by atoms with Crippen molar-refractivity contribution in [3.8, 4) is 28.7 Å². The zero-order chi connectivity index (χ0) is 18.6. The molecule has 0 bridgehead atoms. The number of rotatable bonds is 5. The minimum absolute atomic E-state index is 0.511. The first-order valence-corrected chi connectivity index (χ1v) is 8.87. The Morgan fingerprint density at radius 1 is 0.667 bits per heavy atom. The maximum absolute atomic E-state index is 5.82. The lowest BCUT2D eigenvalue weighted by atomic mass is 10.1. The van der Waals surface area contributed by atoms with E-state index in [2.05, 4.69) is 17.1 Å². The third-order valence-corrected chi connectivity index (χ3v) is 4.35. The van der Waals surface area contributed by atoms with Crippen molar-refractivity contribution in [1.82, 2.24) is 10.2 Å². The summed E-state index contributed by atoms with van der Waals surface area (Å²) in [6.45, 7) is 4.62. The molecule has 0 unspecified atom stereocenters. The summed E-state index contributed by atoms with van der Waals surface area (Å²) in [5.74, 6) is 1.90. The van der Waals surface area contributed by atoms with Gasteiger partial charge in [-0.2, -0.15) is 0 Å². The molecule has 0 fully saturated rings. The number of ether oxygens (including phenoxy) is 1. The lowest BCUT2D eigenvalue weighted by Gasteiger charge is -2.07. The lowest BCUT2D eigenvalue weighted by Crippen LogP contribution is -1.95. The average Bonchev–Trinajstić information content (AvgIpc) is 3.19. The summed E-state index contributed by atoms with van der Waals surface area (Å²) in [6.07, 6.45) is 0. The molecule has 1 heterocycles. The predicted octanol–water partition coefficient (Wildman–Crippen LogP) is 5.60. The molecule has 0 amide bonds. The van der Waals surface area contributed by atoms with Crippen LogP contribution in [0.25, 0.3) is 22.9 Å². The summed E-state index contributed by atoms with van der Waals surface area (Å²) in [5.41, 5.74) is 5.30. The second-order valence-electron chi connectivity index (χ2n) is 6.58. The van der Waals surface area contributed by atoms with Crippen molar-refractivity contribution in [3.63, 3.8) is 0 Å². The Balaban J connectivity index is 1.44. The minimum atomic E-state index is 0.511. The fourth-order valence-electron chi connectivity index (χ4n) is 2.70. The van der Waals surface area contributed by atoms with E-state index in [1.165, 1.54) is 11.1 Å². The van der Waals surface area contributed by atoms with Crippen LogP contribution in [0.4, 0.5) is 0 Å². The maximum atomic E-state index is 5.82. The van der Waals surface area contributed by atoms with E-state index in [9.17, 15) is 0 Å². The summed E-state index contributed by atoms with van der Waals surface area (Å²) < 4.78 is 11.6. The number of benzene rings is 3. The third kappa shape index (κ3) is 4.06. The molecule has 0 aliphatic carbocycles. The Labute approximate surface area is 158 Å². The van der Waals surface area contributed by atoms with Gasteiger partial charge in [0.2, 0.25) is 11.8 Å². The topological polar surface area (TPSA) is 48.2 Å². The molecule has 0 spiro atoms. The van der Waals surface area contributed by atoms with E-state index in [-0.39, 0.29) is 0 Å². The molecular weight excluding hydrogens is 336 g/mol. The van der Waals surface area contributed by atoms with Crippen LogP contribution in [0.15, 0.2) is 77.2 Å². The SMILES string of the molecule is Cc1ccc(OCc2ccc(-c3nnc(-c4ccc(C)cc4)o3)cc2)cc1. The van der Waals surface area contributed by atoms with E-state index in [1.54, 1.807) is 0 Å². The van der Waals surface area contributed by atoms with Gasteiger partial charge in [0.25, 0.3) is 0 Å². The van der Waals surface area contributed by atoms with Gasteiger partial charge in [0, 0.05) is 11.1 Å². The number of nitrogens with zero attached hydrogens (tertiary/aromatic N) is 2. The number of hydrogen-bond donors (Lipinski definition) is 0. The first-order valence-electron chi connectivity index (χ1n) is 8.87. The van der Waals surface area contributed by atoms with Crippen LogP contribution in [0.3, 0.4) is 0 Å². The van der Waals surface area contributed by atoms with Gasteiger partial charge in [-0.05, 0) is 55.8 Å². The van der Waals surface area contributed by atoms with Crippen LogP contribution in [0, 0.1) is 13.8 Å². The van der Waals surface area contributed by atoms with E-state index in [0.717, 1.165) is 22.4 Å². The number of hydrogen-bond acceptors (Lipinski definition) is 4. The van der Waals surface area contributed by atoms with Crippen LogP contribution in [0.1, 0.15) is 16.7 Å². The molecule has 4 rings (SSSR count). The molecule has 134 valence electrons. The van der Waals surface area contributed by atoms with E-state index < -0.39 is 0 Å². The van der Waals surface area contributed by atoms with Crippen molar-refractivity contribution >= 4 is 0 Å². The highest BCUT2D eigenvalue weighted by atomic mass is 16.5. The van der Waals surface area contributed by atoms with Crippen LogP contribution in [0.2, 0.25) is 0 Å². The largest absolute Gasteiger partial charge is 0.489 e. The van der Waals surface area contributed by atoms with Crippen molar-refractivity contribution < 1.29 is 9.15 Å². The average molecular weight is 356 g/mol. The first kappa shape index (κ1) is 17.0. The molecule has 0 aliphatic rings. The number of aryl methyl sites for hydroxylation is 2. The summed E-state index contributed by atoms with van der Waals surface area (Å²) in [7, 11) is 0. The van der Waals surface area contributed by atoms with Crippen molar-refractivity contribution in [2.45, 2.75) is 20.5 Å². The van der Waals surface area contributed by atoms with Crippen molar-refractivity contribution in [2.24, 2.45) is 0 Å². The Hall–Kier alpha value is -3.40. The second kappa shape index (κ2) is 7.46. The van der Waals surface area contributed by atoms with Gasteiger partial charge in [-0.3, -0.25) is 0 Å². The molecule has 0 saturated carbocycles. The molecular formula is C23H20N2O2. The van der Waals surface area contributed by atoms with Gasteiger partial charge in [0.15, 0.2) is 0 Å². The van der Waals surface area contributed by atoms with Gasteiger partial charge in [-0.25, -0.2) is 0 Å². The molecule has 4 aromatic rings. The van der Waals surface area contributed by atoms with Crippen LogP contribution in [0.5, 0.6) is 5.75 Å². The first-order chi connectivity index (χ1) is 13.2. The molecule has 0 atom stereocenters. The van der Waals surface area contributed by atoms with Crippen molar-refractivity contribution in [2.75, 3.05) is 0 Å². The Morgan fingerprint density at radius 2 is 1.15 bits per heavy atom. The molecule has 0 N–H and O–H groups in total. The predicted molar refractivity (Wildman–Crippen MR) is 105 cm³/mol. The Kier molecular flexibility index (Phi) is 4.71. The normalized spacial score (nSPS) is 10.7. The monoisotopic (exact) mass is 356 g/mol. The summed E-state index contributed by atoms with van der Waals surface area (Å²) in [6, 6.07) is 24.0. The molecule has 4 heteroatoms. The van der Waals surface area contributed by atoms with Crippen LogP contribution < -0.4 is 4.74 Å². The van der Waals surface area contributed by atoms with Gasteiger partial charge in [-0.15, -0.1) is 10.2 Å². The van der Waals surface area contributed by atoms with Gasteiger partial charge in [0.1, 0.15) is 12.4 Å². The lowest BCUT2D eigenvalue weighted by molar-refractivity contribution is 0.306. The highest BCUT2D eigenvalue weighted by molar-refractivity contribution is 5.58. The third-order valence-electron chi connectivity index (χ3n) is 4.35. The zero-order valence-electron chi connectivity index (χ0n) is 15.3. The molecule has 3 aromatic carbocycles. The van der Waals surface area contributed by atoms with E-state index in [1.807, 2.05) is 79.7 Å². The smallest absolute Gasteiger partial charge is 0.248 e. The Morgan fingerprint density at radius 3 is 1.70 bits per heavy atom. The zero-order valence-corrected chi connectivity index (χ0v) is 15.3. The summed E-state index contributed by atoms with van der Waals surface area (Å²) in [5, 5.41) is 8.33. The number of aromatic nitrogens is 2. The van der Waals surface area contributed by atoms with Crippen molar-refractivity contribution in [3.05, 3.63) is 89.5 Å². The van der Waals surface area contributed by atoms with E-state index in [4.69, 9.17) is 9.15 Å². The highest BCUT2D eigenvalue weighted by Crippen LogP contribution is 2.24. The van der Waals surface area contributed by atoms with Crippen molar-refractivity contribution in [1.29, 1.82) is 0 Å². The quantitative estimate of drug-likeness (QED) is 0.467. The van der Waals surface area contributed by atoms with Crippen LogP contribution in [-0.4, -0.2) is 10.2 Å². The van der Waals surface area contributed by atoms with Gasteiger partial charge in [0.05, 0.1) is 0 Å². The standard InChI is InChI=1S/C23H20N2O2/c1-16-3-9-19(10-4-16)22-24-25-23(27-22)20-11-7-18(8-12-20)15-26-21-13-5-17(2)6-14-21/h3-14H,15H2,1-2H3. The van der Waals surface area contributed by atoms with Gasteiger partial charge < -0.3 is 9.15 Å². The molecule has 0 radical (unpaired) electrons. The second-order valence-corrected chi connectivity index (χ2v) is 6.58. The fraction of sp³-hybridized carbons (Fsp3) is 0.130. The molecule has 27 heavy (non-hydrogen) atoms. The van der Waals surface area contributed by atoms with E-state index in [0.29, 0.717) is 18.4 Å². The van der Waals surface area contributed by atoms with Gasteiger partial charge >= 0.3 is 0 Å². The minimum Gasteiger partial charge on any atom is -0.489 e. The van der Waals surface area contributed by atoms with Gasteiger partial charge in [-0.1, -0.05) is 47.5 Å². The molecule has 1 aromatic heterocycles. The maximum Gasteiger partial charge on any atom is 0.248 e.